The highest BCUT2D eigenvalue weighted by Gasteiger charge is 2.30. The molecule has 1 fully saturated rings. The van der Waals surface area contributed by atoms with Gasteiger partial charge in [0.15, 0.2) is 5.82 Å². The van der Waals surface area contributed by atoms with Gasteiger partial charge in [0, 0.05) is 23.1 Å². The number of carboxylic acids is 1. The van der Waals surface area contributed by atoms with Gasteiger partial charge in [-0.25, -0.2) is 18.6 Å². The van der Waals surface area contributed by atoms with E-state index in [2.05, 4.69) is 4.98 Å². The van der Waals surface area contributed by atoms with Crippen LogP contribution in [0.1, 0.15) is 40.4 Å². The van der Waals surface area contributed by atoms with Crippen molar-refractivity contribution in [3.05, 3.63) is 40.6 Å². The van der Waals surface area contributed by atoms with Gasteiger partial charge in [-0.2, -0.15) is 0 Å². The summed E-state index contributed by atoms with van der Waals surface area (Å²) in [6, 6.07) is 1.76. The Labute approximate surface area is 107 Å². The predicted octanol–water partition coefficient (Wildman–Crippen LogP) is 3.40. The van der Waals surface area contributed by atoms with Crippen LogP contribution < -0.4 is 0 Å². The number of carbonyl (C=O) groups is 1. The number of carboxylic acid groups (broad SMARTS) is 1. The number of aromatic nitrogens is 1. The number of hydrogen-bond donors (Lipinski definition) is 1. The molecule has 1 aliphatic rings. The summed E-state index contributed by atoms with van der Waals surface area (Å²) >= 11 is 0. The zero-order valence-corrected chi connectivity index (χ0v) is 10.2. The number of nitrogens with zero attached hydrogens (tertiary/aromatic N) is 1. The minimum absolute atomic E-state index is 0.0203. The van der Waals surface area contributed by atoms with Gasteiger partial charge >= 0.3 is 5.97 Å². The standard InChI is InChI=1S/C14H11F2NO2/c1-6-11(14(18)19)9-4-8(15)5-10(16)13(9)17-12(6)7-2-3-7/h4-5,7H,2-3H2,1H3,(H,18,19). The first-order chi connectivity index (χ1) is 8.99. The number of pyridine rings is 1. The van der Waals surface area contributed by atoms with Crippen LogP contribution in [0.4, 0.5) is 8.78 Å². The molecule has 98 valence electrons. The van der Waals surface area contributed by atoms with Crippen molar-refractivity contribution >= 4 is 16.9 Å². The van der Waals surface area contributed by atoms with Gasteiger partial charge in [0.05, 0.1) is 5.56 Å². The van der Waals surface area contributed by atoms with E-state index in [1.165, 1.54) is 0 Å². The van der Waals surface area contributed by atoms with Crippen molar-refractivity contribution in [1.82, 2.24) is 4.98 Å². The maximum absolute atomic E-state index is 13.8. The molecule has 0 atom stereocenters. The molecule has 2 aromatic rings. The maximum atomic E-state index is 13.8. The number of aromatic carboxylic acids is 1. The van der Waals surface area contributed by atoms with Crippen LogP contribution in [0.5, 0.6) is 0 Å². The molecule has 1 heterocycles. The van der Waals surface area contributed by atoms with E-state index < -0.39 is 17.6 Å². The van der Waals surface area contributed by atoms with Crippen molar-refractivity contribution in [2.75, 3.05) is 0 Å². The second kappa shape index (κ2) is 3.98. The van der Waals surface area contributed by atoms with Gasteiger partial charge in [-0.05, 0) is 31.4 Å². The lowest BCUT2D eigenvalue weighted by molar-refractivity contribution is 0.0698. The fourth-order valence-corrected chi connectivity index (χ4v) is 2.43. The lowest BCUT2D eigenvalue weighted by Crippen LogP contribution is -2.07. The van der Waals surface area contributed by atoms with Crippen molar-refractivity contribution in [3.63, 3.8) is 0 Å². The summed E-state index contributed by atoms with van der Waals surface area (Å²) in [5.74, 6) is -2.60. The van der Waals surface area contributed by atoms with Crippen LogP contribution in [-0.2, 0) is 0 Å². The van der Waals surface area contributed by atoms with Gasteiger partial charge < -0.3 is 5.11 Å². The van der Waals surface area contributed by atoms with E-state index in [4.69, 9.17) is 0 Å². The summed E-state index contributed by atoms with van der Waals surface area (Å²) in [5, 5.41) is 9.32. The molecule has 0 amide bonds. The van der Waals surface area contributed by atoms with Crippen molar-refractivity contribution in [2.24, 2.45) is 0 Å². The molecule has 0 unspecified atom stereocenters. The minimum Gasteiger partial charge on any atom is -0.478 e. The Hall–Kier alpha value is -2.04. The van der Waals surface area contributed by atoms with E-state index in [-0.39, 0.29) is 22.4 Å². The van der Waals surface area contributed by atoms with Crippen molar-refractivity contribution in [2.45, 2.75) is 25.7 Å². The summed E-state index contributed by atoms with van der Waals surface area (Å²) < 4.78 is 27.1. The van der Waals surface area contributed by atoms with Crippen molar-refractivity contribution in [1.29, 1.82) is 0 Å². The third-order valence-electron chi connectivity index (χ3n) is 3.47. The third kappa shape index (κ3) is 1.85. The number of hydrogen-bond acceptors (Lipinski definition) is 2. The third-order valence-corrected chi connectivity index (χ3v) is 3.47. The van der Waals surface area contributed by atoms with E-state index in [0.717, 1.165) is 25.0 Å². The molecular weight excluding hydrogens is 252 g/mol. The van der Waals surface area contributed by atoms with E-state index >= 15 is 0 Å². The Kier molecular flexibility index (Phi) is 2.52. The average molecular weight is 263 g/mol. The van der Waals surface area contributed by atoms with Gasteiger partial charge in [-0.3, -0.25) is 0 Å². The van der Waals surface area contributed by atoms with Crippen LogP contribution >= 0.6 is 0 Å². The van der Waals surface area contributed by atoms with Gasteiger partial charge in [0.25, 0.3) is 0 Å². The first-order valence-electron chi connectivity index (χ1n) is 6.01. The molecule has 1 aromatic carbocycles. The summed E-state index contributed by atoms with van der Waals surface area (Å²) in [4.78, 5) is 15.6. The molecule has 1 aromatic heterocycles. The van der Waals surface area contributed by atoms with E-state index in [9.17, 15) is 18.7 Å². The van der Waals surface area contributed by atoms with Gasteiger partial charge in [-0.15, -0.1) is 0 Å². The zero-order valence-electron chi connectivity index (χ0n) is 10.2. The monoisotopic (exact) mass is 263 g/mol. The molecule has 5 heteroatoms. The largest absolute Gasteiger partial charge is 0.478 e. The summed E-state index contributed by atoms with van der Waals surface area (Å²) in [7, 11) is 0. The van der Waals surface area contributed by atoms with Crippen LogP contribution in [-0.4, -0.2) is 16.1 Å². The second-order valence-corrected chi connectivity index (χ2v) is 4.86. The Morgan fingerprint density at radius 2 is 2.05 bits per heavy atom. The Morgan fingerprint density at radius 3 is 2.63 bits per heavy atom. The number of fused-ring (bicyclic) bond motifs is 1. The van der Waals surface area contributed by atoms with Crippen molar-refractivity contribution in [3.8, 4) is 0 Å². The lowest BCUT2D eigenvalue weighted by Gasteiger charge is -2.11. The summed E-state index contributed by atoms with van der Waals surface area (Å²) in [6.45, 7) is 1.65. The first kappa shape index (κ1) is 12.0. The Morgan fingerprint density at radius 1 is 1.37 bits per heavy atom. The smallest absolute Gasteiger partial charge is 0.336 e. The molecule has 0 bridgehead atoms. The molecule has 3 rings (SSSR count). The van der Waals surface area contributed by atoms with Crippen LogP contribution in [0, 0.1) is 18.6 Å². The zero-order chi connectivity index (χ0) is 13.7. The SMILES string of the molecule is Cc1c(C2CC2)nc2c(F)cc(F)cc2c1C(=O)O. The van der Waals surface area contributed by atoms with Gasteiger partial charge in [0.1, 0.15) is 11.3 Å². The lowest BCUT2D eigenvalue weighted by atomic mass is 9.99. The highest BCUT2D eigenvalue weighted by Crippen LogP contribution is 2.42. The fourth-order valence-electron chi connectivity index (χ4n) is 2.43. The predicted molar refractivity (Wildman–Crippen MR) is 65.3 cm³/mol. The second-order valence-electron chi connectivity index (χ2n) is 4.86. The number of halogens is 2. The molecule has 0 aliphatic heterocycles. The topological polar surface area (TPSA) is 50.2 Å². The average Bonchev–Trinajstić information content (AvgIpc) is 3.11. The molecule has 19 heavy (non-hydrogen) atoms. The highest BCUT2D eigenvalue weighted by molar-refractivity contribution is 6.04. The first-order valence-corrected chi connectivity index (χ1v) is 6.01. The molecular formula is C14H11F2NO2. The van der Waals surface area contributed by atoms with Crippen LogP contribution in [0.25, 0.3) is 10.9 Å². The van der Waals surface area contributed by atoms with Gasteiger partial charge in [-0.1, -0.05) is 0 Å². The van der Waals surface area contributed by atoms with Crippen molar-refractivity contribution < 1.29 is 18.7 Å². The molecule has 1 saturated carbocycles. The minimum atomic E-state index is -1.18. The number of benzene rings is 1. The maximum Gasteiger partial charge on any atom is 0.336 e. The van der Waals surface area contributed by atoms with Crippen LogP contribution in [0.2, 0.25) is 0 Å². The van der Waals surface area contributed by atoms with E-state index in [1.54, 1.807) is 6.92 Å². The quantitative estimate of drug-likeness (QED) is 0.903. The molecule has 0 radical (unpaired) electrons. The molecule has 3 nitrogen and oxygen atoms in total. The fraction of sp³-hybridized carbons (Fsp3) is 0.286. The molecule has 1 aliphatic carbocycles. The number of rotatable bonds is 2. The molecule has 1 N–H and O–H groups in total. The summed E-state index contributed by atoms with van der Waals surface area (Å²) in [6.07, 6.45) is 1.86. The van der Waals surface area contributed by atoms with E-state index in [0.29, 0.717) is 11.3 Å². The summed E-state index contributed by atoms with van der Waals surface area (Å²) in [5.41, 5.74) is 1.01. The Balaban J connectivity index is 2.44. The van der Waals surface area contributed by atoms with E-state index in [1.807, 2.05) is 0 Å². The normalized spacial score (nSPS) is 14.9. The molecule has 0 saturated heterocycles. The Bertz CT molecular complexity index is 708. The van der Waals surface area contributed by atoms with Crippen LogP contribution in [0.15, 0.2) is 12.1 Å². The molecule has 0 spiro atoms. The highest BCUT2D eigenvalue weighted by atomic mass is 19.1. The van der Waals surface area contributed by atoms with Crippen LogP contribution in [0.3, 0.4) is 0 Å². The van der Waals surface area contributed by atoms with Gasteiger partial charge in [0.2, 0.25) is 0 Å².